The Kier molecular flexibility index (Phi) is 5.84. The largest absolute Gasteiger partial charge is 0.508 e. The Bertz CT molecular complexity index is 835. The van der Waals surface area contributed by atoms with Crippen LogP contribution in [0, 0.1) is 0 Å². The van der Waals surface area contributed by atoms with Crippen LogP contribution < -0.4 is 10.1 Å². The Morgan fingerprint density at radius 2 is 2.04 bits per heavy atom. The van der Waals surface area contributed by atoms with Gasteiger partial charge in [-0.1, -0.05) is 23.3 Å². The Morgan fingerprint density at radius 3 is 2.75 bits per heavy atom. The molecule has 28 heavy (non-hydrogen) atoms. The van der Waals surface area contributed by atoms with E-state index in [9.17, 15) is 15.0 Å². The summed E-state index contributed by atoms with van der Waals surface area (Å²) >= 11 is 0. The van der Waals surface area contributed by atoms with E-state index in [1.165, 1.54) is 17.2 Å². The first-order valence-electron chi connectivity index (χ1n) is 10.0. The number of amides is 1. The zero-order valence-corrected chi connectivity index (χ0v) is 17.3. The number of aromatic hydroxyl groups is 1. The maximum Gasteiger partial charge on any atom is 0.252 e. The standard InChI is InChI=1S/C23H31NO4/c1-14(2)7-5-8-15(3)9-6-10-23(4)20(26)12-17-19(25)11-16-18(21(17)28-23)13-24-22(16)27/h7,9,11,20,25-26H,5-6,8,10,12-13H2,1-4H3,(H,24,27). The lowest BCUT2D eigenvalue weighted by atomic mass is 9.84. The third-order valence-corrected chi connectivity index (χ3v) is 5.80. The lowest BCUT2D eigenvalue weighted by Crippen LogP contribution is -2.49. The molecule has 5 nitrogen and oxygen atoms in total. The summed E-state index contributed by atoms with van der Waals surface area (Å²) in [5.41, 5.74) is 3.75. The second-order valence-corrected chi connectivity index (χ2v) is 8.46. The molecule has 3 rings (SSSR count). The van der Waals surface area contributed by atoms with E-state index < -0.39 is 11.7 Å². The van der Waals surface area contributed by atoms with E-state index in [0.717, 1.165) is 24.8 Å². The van der Waals surface area contributed by atoms with Crippen LogP contribution in [0.25, 0.3) is 0 Å². The Hall–Kier alpha value is -2.27. The van der Waals surface area contributed by atoms with E-state index in [2.05, 4.69) is 38.2 Å². The highest BCUT2D eigenvalue weighted by atomic mass is 16.5. The van der Waals surface area contributed by atoms with Gasteiger partial charge < -0.3 is 20.3 Å². The van der Waals surface area contributed by atoms with Crippen LogP contribution in [0.5, 0.6) is 11.5 Å². The van der Waals surface area contributed by atoms with Gasteiger partial charge >= 0.3 is 0 Å². The number of benzene rings is 1. The molecule has 0 radical (unpaired) electrons. The number of hydrogen-bond donors (Lipinski definition) is 3. The van der Waals surface area contributed by atoms with Crippen LogP contribution in [0.3, 0.4) is 0 Å². The van der Waals surface area contributed by atoms with Crippen LogP contribution >= 0.6 is 0 Å². The summed E-state index contributed by atoms with van der Waals surface area (Å²) in [7, 11) is 0. The number of carbonyl (C=O) groups is 1. The van der Waals surface area contributed by atoms with Crippen LogP contribution in [-0.2, 0) is 13.0 Å². The minimum atomic E-state index is -0.753. The number of aliphatic hydroxyl groups is 1. The lowest BCUT2D eigenvalue weighted by Gasteiger charge is -2.40. The zero-order valence-electron chi connectivity index (χ0n) is 17.3. The van der Waals surface area contributed by atoms with Gasteiger partial charge in [-0.2, -0.15) is 0 Å². The van der Waals surface area contributed by atoms with Crippen LogP contribution in [0.15, 0.2) is 29.4 Å². The minimum absolute atomic E-state index is 0.0157. The van der Waals surface area contributed by atoms with Crippen molar-refractivity contribution < 1.29 is 19.7 Å². The monoisotopic (exact) mass is 385 g/mol. The molecule has 152 valence electrons. The van der Waals surface area contributed by atoms with Crippen LogP contribution in [0.4, 0.5) is 0 Å². The van der Waals surface area contributed by atoms with Gasteiger partial charge in [0.1, 0.15) is 17.1 Å². The van der Waals surface area contributed by atoms with E-state index in [1.807, 2.05) is 6.92 Å². The van der Waals surface area contributed by atoms with Crippen molar-refractivity contribution in [2.24, 2.45) is 0 Å². The van der Waals surface area contributed by atoms with E-state index in [4.69, 9.17) is 4.74 Å². The zero-order chi connectivity index (χ0) is 20.5. The number of phenols is 1. The summed E-state index contributed by atoms with van der Waals surface area (Å²) < 4.78 is 6.26. The van der Waals surface area contributed by atoms with E-state index >= 15 is 0 Å². The predicted molar refractivity (Wildman–Crippen MR) is 110 cm³/mol. The first-order chi connectivity index (χ1) is 13.2. The van der Waals surface area contributed by atoms with Crippen molar-refractivity contribution in [1.29, 1.82) is 0 Å². The quantitative estimate of drug-likeness (QED) is 0.643. The van der Waals surface area contributed by atoms with E-state index in [-0.39, 0.29) is 11.7 Å². The van der Waals surface area contributed by atoms with Crippen molar-refractivity contribution in [2.45, 2.75) is 78.0 Å². The highest BCUT2D eigenvalue weighted by molar-refractivity contribution is 6.00. The molecule has 0 saturated carbocycles. The average Bonchev–Trinajstić information content (AvgIpc) is 2.97. The smallest absolute Gasteiger partial charge is 0.252 e. The molecular formula is C23H31NO4. The third kappa shape index (κ3) is 4.09. The third-order valence-electron chi connectivity index (χ3n) is 5.80. The van der Waals surface area contributed by atoms with Gasteiger partial charge in [0.2, 0.25) is 0 Å². The summed E-state index contributed by atoms with van der Waals surface area (Å²) in [4.78, 5) is 12.0. The molecule has 0 fully saturated rings. The summed E-state index contributed by atoms with van der Waals surface area (Å²) in [6.45, 7) is 8.66. The van der Waals surface area contributed by atoms with Gasteiger partial charge in [-0.25, -0.2) is 0 Å². The molecule has 2 aliphatic rings. The lowest BCUT2D eigenvalue weighted by molar-refractivity contribution is -0.0598. The summed E-state index contributed by atoms with van der Waals surface area (Å²) in [6, 6.07) is 1.48. The molecule has 1 aromatic carbocycles. The van der Waals surface area contributed by atoms with Crippen molar-refractivity contribution in [3.63, 3.8) is 0 Å². The number of carbonyl (C=O) groups excluding carboxylic acids is 1. The van der Waals surface area contributed by atoms with Gasteiger partial charge in [0, 0.05) is 24.1 Å². The number of allylic oxidation sites excluding steroid dienone is 4. The molecule has 5 heteroatoms. The molecular weight excluding hydrogens is 354 g/mol. The fourth-order valence-electron chi connectivity index (χ4n) is 3.92. The Labute approximate surface area is 167 Å². The van der Waals surface area contributed by atoms with E-state index in [1.54, 1.807) is 0 Å². The number of rotatable bonds is 6. The SMILES string of the molecule is CC(C)=CCCC(C)=CCCC1(C)Oc2c(c(O)cc3c2CNC3=O)CC1O. The van der Waals surface area contributed by atoms with Crippen molar-refractivity contribution in [3.8, 4) is 11.5 Å². The Balaban J connectivity index is 1.73. The van der Waals surface area contributed by atoms with Crippen molar-refractivity contribution in [2.75, 3.05) is 0 Å². The predicted octanol–water partition coefficient (Wildman–Crippen LogP) is 4.16. The second kappa shape index (κ2) is 8.00. The fourth-order valence-corrected chi connectivity index (χ4v) is 3.92. The Morgan fingerprint density at radius 1 is 1.29 bits per heavy atom. The minimum Gasteiger partial charge on any atom is -0.508 e. The molecule has 0 bridgehead atoms. The molecule has 0 saturated heterocycles. The highest BCUT2D eigenvalue weighted by Gasteiger charge is 2.43. The first-order valence-corrected chi connectivity index (χ1v) is 10.0. The topological polar surface area (TPSA) is 78.8 Å². The van der Waals surface area contributed by atoms with Gasteiger partial charge in [-0.15, -0.1) is 0 Å². The van der Waals surface area contributed by atoms with Crippen molar-refractivity contribution >= 4 is 5.91 Å². The van der Waals surface area contributed by atoms with Gasteiger partial charge in [0.15, 0.2) is 0 Å². The second-order valence-electron chi connectivity index (χ2n) is 8.46. The normalized spacial score (nSPS) is 23.5. The van der Waals surface area contributed by atoms with Gasteiger partial charge in [-0.05, 0) is 59.4 Å². The number of ether oxygens (including phenoxy) is 1. The first kappa shape index (κ1) is 20.5. The summed E-state index contributed by atoms with van der Waals surface area (Å²) in [5.74, 6) is 0.381. The molecule has 0 aromatic heterocycles. The van der Waals surface area contributed by atoms with E-state index in [0.29, 0.717) is 36.3 Å². The molecule has 2 unspecified atom stereocenters. The molecule has 1 aromatic rings. The molecule has 2 atom stereocenters. The van der Waals surface area contributed by atoms with Crippen LogP contribution in [0.1, 0.15) is 74.9 Å². The maximum absolute atomic E-state index is 12.0. The number of hydrogen-bond acceptors (Lipinski definition) is 4. The number of nitrogens with one attached hydrogen (secondary N) is 1. The number of fused-ring (bicyclic) bond motifs is 3. The van der Waals surface area contributed by atoms with Gasteiger partial charge in [0.25, 0.3) is 5.91 Å². The molecule has 0 aliphatic carbocycles. The van der Waals surface area contributed by atoms with Crippen LogP contribution in [0.2, 0.25) is 0 Å². The number of phenolic OH excluding ortho intramolecular Hbond substituents is 1. The van der Waals surface area contributed by atoms with Crippen LogP contribution in [-0.4, -0.2) is 27.8 Å². The maximum atomic E-state index is 12.0. The van der Waals surface area contributed by atoms with Gasteiger partial charge in [-0.3, -0.25) is 4.79 Å². The molecule has 0 spiro atoms. The molecule has 2 aliphatic heterocycles. The number of aliphatic hydroxyl groups excluding tert-OH is 1. The molecule has 3 N–H and O–H groups in total. The van der Waals surface area contributed by atoms with Crippen molar-refractivity contribution in [1.82, 2.24) is 5.32 Å². The summed E-state index contributed by atoms with van der Waals surface area (Å²) in [6.07, 6.45) is 7.61. The highest BCUT2D eigenvalue weighted by Crippen LogP contribution is 2.44. The van der Waals surface area contributed by atoms with Crippen molar-refractivity contribution in [3.05, 3.63) is 46.1 Å². The summed E-state index contributed by atoms with van der Waals surface area (Å²) in [5, 5.41) is 23.8. The average molecular weight is 386 g/mol. The fraction of sp³-hybridized carbons (Fsp3) is 0.522. The molecule has 1 amide bonds. The van der Waals surface area contributed by atoms with Gasteiger partial charge in [0.05, 0.1) is 11.7 Å². The molecule has 2 heterocycles.